The van der Waals surface area contributed by atoms with Crippen LogP contribution in [0.1, 0.15) is 49.7 Å². The van der Waals surface area contributed by atoms with Crippen molar-refractivity contribution in [1.29, 1.82) is 0 Å². The zero-order valence-electron chi connectivity index (χ0n) is 14.3. The standard InChI is InChI=1S/C19H23N3O3/c23-16-11-13-10-15(9-12-5-4-8-22(16)17(12)13)21-19(25)18(24)20-14-6-2-1-3-7-14/h9-10,14H,1-8,11H2,(H,20,24)(H,21,25). The van der Waals surface area contributed by atoms with Gasteiger partial charge in [-0.2, -0.15) is 0 Å². The van der Waals surface area contributed by atoms with E-state index in [2.05, 4.69) is 10.6 Å². The molecular formula is C19H23N3O3. The molecule has 0 radical (unpaired) electrons. The Morgan fingerprint density at radius 1 is 1.00 bits per heavy atom. The minimum absolute atomic E-state index is 0.111. The minimum atomic E-state index is -0.630. The van der Waals surface area contributed by atoms with E-state index in [4.69, 9.17) is 0 Å². The zero-order valence-corrected chi connectivity index (χ0v) is 14.3. The molecule has 2 N–H and O–H groups in total. The van der Waals surface area contributed by atoms with Gasteiger partial charge < -0.3 is 15.5 Å². The second kappa shape index (κ2) is 6.50. The van der Waals surface area contributed by atoms with Gasteiger partial charge in [-0.1, -0.05) is 19.3 Å². The lowest BCUT2D eigenvalue weighted by Crippen LogP contribution is -2.42. The van der Waals surface area contributed by atoms with Gasteiger partial charge >= 0.3 is 11.8 Å². The molecule has 4 rings (SSSR count). The first kappa shape index (κ1) is 16.1. The van der Waals surface area contributed by atoms with E-state index in [1.54, 1.807) is 0 Å². The van der Waals surface area contributed by atoms with E-state index >= 15 is 0 Å². The molecule has 1 saturated carbocycles. The molecule has 0 spiro atoms. The molecule has 6 nitrogen and oxygen atoms in total. The van der Waals surface area contributed by atoms with Crippen LogP contribution in [-0.2, 0) is 27.2 Å². The van der Waals surface area contributed by atoms with Crippen molar-refractivity contribution in [2.45, 2.75) is 57.4 Å². The van der Waals surface area contributed by atoms with Crippen LogP contribution in [0.4, 0.5) is 11.4 Å². The summed E-state index contributed by atoms with van der Waals surface area (Å²) in [7, 11) is 0. The summed E-state index contributed by atoms with van der Waals surface area (Å²) in [6.45, 7) is 0.772. The van der Waals surface area contributed by atoms with Crippen LogP contribution in [0, 0.1) is 0 Å². The Kier molecular flexibility index (Phi) is 4.19. The molecule has 2 heterocycles. The molecule has 1 aromatic carbocycles. The van der Waals surface area contributed by atoms with E-state index in [9.17, 15) is 14.4 Å². The highest BCUT2D eigenvalue weighted by Gasteiger charge is 2.32. The van der Waals surface area contributed by atoms with Crippen molar-refractivity contribution < 1.29 is 14.4 Å². The molecule has 6 heteroatoms. The quantitative estimate of drug-likeness (QED) is 0.807. The second-order valence-corrected chi connectivity index (χ2v) is 7.23. The van der Waals surface area contributed by atoms with Crippen molar-refractivity contribution >= 4 is 29.1 Å². The predicted octanol–water partition coefficient (Wildman–Crippen LogP) is 1.91. The van der Waals surface area contributed by atoms with Crippen molar-refractivity contribution in [1.82, 2.24) is 5.32 Å². The summed E-state index contributed by atoms with van der Waals surface area (Å²) >= 11 is 0. The molecule has 0 unspecified atom stereocenters. The summed E-state index contributed by atoms with van der Waals surface area (Å²) in [4.78, 5) is 38.3. The summed E-state index contributed by atoms with van der Waals surface area (Å²) in [5.41, 5.74) is 3.65. The van der Waals surface area contributed by atoms with Crippen molar-refractivity contribution in [3.05, 3.63) is 23.3 Å². The first-order valence-electron chi connectivity index (χ1n) is 9.20. The Bertz CT molecular complexity index is 738. The van der Waals surface area contributed by atoms with Gasteiger partial charge in [0.15, 0.2) is 0 Å². The molecule has 0 saturated heterocycles. The van der Waals surface area contributed by atoms with Gasteiger partial charge in [-0.3, -0.25) is 14.4 Å². The maximum Gasteiger partial charge on any atom is 0.313 e. The fourth-order valence-electron chi connectivity index (χ4n) is 4.24. The lowest BCUT2D eigenvalue weighted by Gasteiger charge is -2.26. The van der Waals surface area contributed by atoms with E-state index in [0.29, 0.717) is 12.1 Å². The average Bonchev–Trinajstić information content (AvgIpc) is 2.93. The molecule has 2 aliphatic heterocycles. The van der Waals surface area contributed by atoms with Gasteiger partial charge in [-0.15, -0.1) is 0 Å². The Morgan fingerprint density at radius 3 is 2.56 bits per heavy atom. The number of rotatable bonds is 2. The van der Waals surface area contributed by atoms with E-state index in [0.717, 1.165) is 61.9 Å². The number of anilines is 2. The van der Waals surface area contributed by atoms with Gasteiger partial charge in [0.05, 0.1) is 12.1 Å². The number of nitrogens with zero attached hydrogens (tertiary/aromatic N) is 1. The molecule has 25 heavy (non-hydrogen) atoms. The third-order valence-electron chi connectivity index (χ3n) is 5.41. The number of aryl methyl sites for hydroxylation is 1. The van der Waals surface area contributed by atoms with Crippen molar-refractivity contribution in [3.63, 3.8) is 0 Å². The Morgan fingerprint density at radius 2 is 1.76 bits per heavy atom. The highest BCUT2D eigenvalue weighted by atomic mass is 16.2. The molecule has 1 fully saturated rings. The molecule has 1 aromatic rings. The summed E-state index contributed by atoms with van der Waals surface area (Å²) in [5.74, 6) is -1.08. The number of hydrogen-bond acceptors (Lipinski definition) is 3. The molecular weight excluding hydrogens is 318 g/mol. The third kappa shape index (κ3) is 3.13. The fourth-order valence-corrected chi connectivity index (χ4v) is 4.24. The molecule has 0 aromatic heterocycles. The number of carbonyl (C=O) groups excluding carboxylic acids is 3. The topological polar surface area (TPSA) is 78.5 Å². The van der Waals surface area contributed by atoms with Crippen LogP contribution < -0.4 is 15.5 Å². The minimum Gasteiger partial charge on any atom is -0.345 e. The first-order chi connectivity index (χ1) is 12.1. The van der Waals surface area contributed by atoms with Crippen LogP contribution in [0.2, 0.25) is 0 Å². The Labute approximate surface area is 147 Å². The maximum atomic E-state index is 12.2. The largest absolute Gasteiger partial charge is 0.345 e. The molecule has 132 valence electrons. The highest BCUT2D eigenvalue weighted by Crippen LogP contribution is 2.38. The number of carbonyl (C=O) groups is 3. The van der Waals surface area contributed by atoms with Crippen molar-refractivity contribution in [3.8, 4) is 0 Å². The van der Waals surface area contributed by atoms with E-state index in [1.807, 2.05) is 17.0 Å². The van der Waals surface area contributed by atoms with Crippen LogP contribution >= 0.6 is 0 Å². The third-order valence-corrected chi connectivity index (χ3v) is 5.41. The highest BCUT2D eigenvalue weighted by molar-refractivity contribution is 6.39. The van der Waals surface area contributed by atoms with Crippen LogP contribution in [-0.4, -0.2) is 30.3 Å². The molecule has 3 amide bonds. The number of nitrogens with one attached hydrogen (secondary N) is 2. The lowest BCUT2D eigenvalue weighted by molar-refractivity contribution is -0.136. The number of benzene rings is 1. The van der Waals surface area contributed by atoms with Crippen molar-refractivity contribution in [2.75, 3.05) is 16.8 Å². The molecule has 1 aliphatic carbocycles. The van der Waals surface area contributed by atoms with Gasteiger partial charge in [-0.05, 0) is 48.9 Å². The lowest BCUT2D eigenvalue weighted by atomic mass is 9.95. The maximum absolute atomic E-state index is 12.2. The van der Waals surface area contributed by atoms with E-state index in [-0.39, 0.29) is 11.9 Å². The van der Waals surface area contributed by atoms with Gasteiger partial charge in [0.25, 0.3) is 0 Å². The summed E-state index contributed by atoms with van der Waals surface area (Å²) in [6.07, 6.45) is 7.49. The monoisotopic (exact) mass is 341 g/mol. The summed E-state index contributed by atoms with van der Waals surface area (Å²) < 4.78 is 0. The van der Waals surface area contributed by atoms with Gasteiger partial charge in [0.1, 0.15) is 0 Å². The summed E-state index contributed by atoms with van der Waals surface area (Å²) in [6, 6.07) is 3.84. The predicted molar refractivity (Wildman–Crippen MR) is 94.5 cm³/mol. The normalized spacial score (nSPS) is 19.5. The molecule has 0 atom stereocenters. The van der Waals surface area contributed by atoms with Gasteiger partial charge in [-0.25, -0.2) is 0 Å². The Hall–Kier alpha value is -2.37. The molecule has 0 bridgehead atoms. The average molecular weight is 341 g/mol. The number of amides is 3. The van der Waals surface area contributed by atoms with E-state index < -0.39 is 11.8 Å². The zero-order chi connectivity index (χ0) is 17.4. The molecule has 3 aliphatic rings. The summed E-state index contributed by atoms with van der Waals surface area (Å²) in [5, 5.41) is 5.54. The number of hydrogen-bond donors (Lipinski definition) is 2. The first-order valence-corrected chi connectivity index (χ1v) is 9.20. The van der Waals surface area contributed by atoms with Crippen molar-refractivity contribution in [2.24, 2.45) is 0 Å². The van der Waals surface area contributed by atoms with Gasteiger partial charge in [0, 0.05) is 18.3 Å². The van der Waals surface area contributed by atoms with Gasteiger partial charge in [0.2, 0.25) is 5.91 Å². The fraction of sp³-hybridized carbons (Fsp3) is 0.526. The van der Waals surface area contributed by atoms with E-state index in [1.165, 1.54) is 6.42 Å². The van der Waals surface area contributed by atoms with Crippen LogP contribution in [0.5, 0.6) is 0 Å². The van der Waals surface area contributed by atoms with Crippen LogP contribution in [0.15, 0.2) is 12.1 Å². The van der Waals surface area contributed by atoms with Crippen LogP contribution in [0.3, 0.4) is 0 Å². The second-order valence-electron chi connectivity index (χ2n) is 7.23. The van der Waals surface area contributed by atoms with Crippen LogP contribution in [0.25, 0.3) is 0 Å². The SMILES string of the molecule is O=C(Nc1cc2c3c(c1)CC(=O)N3CCC2)C(=O)NC1CCCCC1. The Balaban J connectivity index is 1.46. The smallest absolute Gasteiger partial charge is 0.313 e.